The van der Waals surface area contributed by atoms with Gasteiger partial charge in [-0.15, -0.1) is 0 Å². The van der Waals surface area contributed by atoms with E-state index in [9.17, 15) is 10.2 Å². The molecular weight excluding hydrogens is 176 g/mol. The van der Waals surface area contributed by atoms with E-state index in [1.54, 1.807) is 0 Å². The van der Waals surface area contributed by atoms with Crippen LogP contribution in [-0.2, 0) is 0 Å². The van der Waals surface area contributed by atoms with E-state index in [-0.39, 0.29) is 11.7 Å². The SMILES string of the molecule is OC1CCC(C2(O)CCCCC2)CC1. The van der Waals surface area contributed by atoms with Crippen LogP contribution in [0.4, 0.5) is 0 Å². The Balaban J connectivity index is 1.92. The minimum atomic E-state index is -0.377. The van der Waals surface area contributed by atoms with Crippen LogP contribution in [0, 0.1) is 5.92 Å². The molecule has 0 atom stereocenters. The fraction of sp³-hybridized carbons (Fsp3) is 1.00. The molecule has 0 aromatic rings. The number of aliphatic hydroxyl groups excluding tert-OH is 1. The van der Waals surface area contributed by atoms with Crippen molar-refractivity contribution < 1.29 is 10.2 Å². The van der Waals surface area contributed by atoms with Gasteiger partial charge in [-0.25, -0.2) is 0 Å². The van der Waals surface area contributed by atoms with Crippen molar-refractivity contribution in [3.63, 3.8) is 0 Å². The van der Waals surface area contributed by atoms with Gasteiger partial charge in [-0.3, -0.25) is 0 Å². The third kappa shape index (κ3) is 2.12. The summed E-state index contributed by atoms with van der Waals surface area (Å²) in [6, 6.07) is 0. The molecule has 2 saturated carbocycles. The quantitative estimate of drug-likeness (QED) is 0.678. The van der Waals surface area contributed by atoms with Crippen LogP contribution in [0.15, 0.2) is 0 Å². The third-order valence-corrected chi connectivity index (χ3v) is 4.18. The first-order chi connectivity index (χ1) is 6.71. The minimum absolute atomic E-state index is 0.0987. The Bertz CT molecular complexity index is 177. The maximum atomic E-state index is 10.5. The summed E-state index contributed by atoms with van der Waals surface area (Å²) < 4.78 is 0. The summed E-state index contributed by atoms with van der Waals surface area (Å²) in [5.74, 6) is 0.464. The van der Waals surface area contributed by atoms with Gasteiger partial charge in [0.15, 0.2) is 0 Å². The lowest BCUT2D eigenvalue weighted by molar-refractivity contribution is -0.0717. The molecule has 2 nitrogen and oxygen atoms in total. The molecule has 2 fully saturated rings. The van der Waals surface area contributed by atoms with Crippen molar-refractivity contribution in [3.8, 4) is 0 Å². The molecule has 2 heteroatoms. The van der Waals surface area contributed by atoms with Crippen molar-refractivity contribution in [3.05, 3.63) is 0 Å². The van der Waals surface area contributed by atoms with E-state index < -0.39 is 0 Å². The molecule has 0 saturated heterocycles. The van der Waals surface area contributed by atoms with Gasteiger partial charge in [0.2, 0.25) is 0 Å². The Labute approximate surface area is 86.3 Å². The predicted molar refractivity (Wildman–Crippen MR) is 56.0 cm³/mol. The molecule has 0 aliphatic heterocycles. The highest BCUT2D eigenvalue weighted by atomic mass is 16.3. The molecule has 2 aliphatic rings. The van der Waals surface area contributed by atoms with Crippen molar-refractivity contribution in [2.45, 2.75) is 69.5 Å². The van der Waals surface area contributed by atoms with Crippen LogP contribution in [0.1, 0.15) is 57.8 Å². The maximum absolute atomic E-state index is 10.5. The second-order valence-corrected chi connectivity index (χ2v) is 5.17. The van der Waals surface area contributed by atoms with Crippen molar-refractivity contribution in [2.75, 3.05) is 0 Å². The van der Waals surface area contributed by atoms with E-state index in [1.807, 2.05) is 0 Å². The smallest absolute Gasteiger partial charge is 0.0675 e. The van der Waals surface area contributed by atoms with Crippen LogP contribution in [0.2, 0.25) is 0 Å². The number of aliphatic hydroxyl groups is 2. The summed E-state index contributed by atoms with van der Waals surface area (Å²) in [5, 5.41) is 19.9. The highest BCUT2D eigenvalue weighted by Gasteiger charge is 2.39. The van der Waals surface area contributed by atoms with E-state index in [4.69, 9.17) is 0 Å². The zero-order chi connectivity index (χ0) is 10.0. The molecule has 2 aliphatic carbocycles. The molecule has 0 radical (unpaired) electrons. The zero-order valence-electron chi connectivity index (χ0n) is 8.91. The van der Waals surface area contributed by atoms with Gasteiger partial charge in [-0.2, -0.15) is 0 Å². The lowest BCUT2D eigenvalue weighted by Crippen LogP contribution is -2.42. The Morgan fingerprint density at radius 3 is 2.00 bits per heavy atom. The van der Waals surface area contributed by atoms with Gasteiger partial charge in [-0.1, -0.05) is 19.3 Å². The summed E-state index contributed by atoms with van der Waals surface area (Å²) >= 11 is 0. The van der Waals surface area contributed by atoms with Gasteiger partial charge in [0.05, 0.1) is 11.7 Å². The van der Waals surface area contributed by atoms with E-state index in [0.717, 1.165) is 38.5 Å². The lowest BCUT2D eigenvalue weighted by Gasteiger charge is -2.42. The van der Waals surface area contributed by atoms with Crippen LogP contribution in [0.3, 0.4) is 0 Å². The van der Waals surface area contributed by atoms with Crippen LogP contribution < -0.4 is 0 Å². The molecule has 2 N–H and O–H groups in total. The van der Waals surface area contributed by atoms with Crippen LogP contribution >= 0.6 is 0 Å². The molecule has 2 rings (SSSR count). The maximum Gasteiger partial charge on any atom is 0.0675 e. The highest BCUT2D eigenvalue weighted by molar-refractivity contribution is 4.91. The normalized spacial score (nSPS) is 38.1. The van der Waals surface area contributed by atoms with E-state index in [1.165, 1.54) is 19.3 Å². The third-order valence-electron chi connectivity index (χ3n) is 4.18. The average Bonchev–Trinajstić information content (AvgIpc) is 2.19. The molecule has 0 bridgehead atoms. The van der Waals surface area contributed by atoms with Crippen molar-refractivity contribution in [1.29, 1.82) is 0 Å². The molecule has 14 heavy (non-hydrogen) atoms. The standard InChI is InChI=1S/C12H22O2/c13-11-6-4-10(5-7-11)12(14)8-2-1-3-9-12/h10-11,13-14H,1-9H2. The fourth-order valence-corrected chi connectivity index (χ4v) is 3.19. The van der Waals surface area contributed by atoms with Gasteiger partial charge in [0.1, 0.15) is 0 Å². The molecular formula is C12H22O2. The summed E-state index contributed by atoms with van der Waals surface area (Å²) in [7, 11) is 0. The van der Waals surface area contributed by atoms with E-state index in [2.05, 4.69) is 0 Å². The average molecular weight is 198 g/mol. The first-order valence-electron chi connectivity index (χ1n) is 6.11. The highest BCUT2D eigenvalue weighted by Crippen LogP contribution is 2.41. The van der Waals surface area contributed by atoms with Crippen LogP contribution in [0.25, 0.3) is 0 Å². The van der Waals surface area contributed by atoms with Crippen molar-refractivity contribution >= 4 is 0 Å². The van der Waals surface area contributed by atoms with Crippen molar-refractivity contribution in [2.24, 2.45) is 5.92 Å². The number of hydrogen-bond donors (Lipinski definition) is 2. The molecule has 0 aromatic carbocycles. The summed E-state index contributed by atoms with van der Waals surface area (Å²) in [4.78, 5) is 0. The predicted octanol–water partition coefficient (Wildman–Crippen LogP) is 2.23. The Hall–Kier alpha value is -0.0800. The molecule has 0 amide bonds. The van der Waals surface area contributed by atoms with E-state index >= 15 is 0 Å². The fourth-order valence-electron chi connectivity index (χ4n) is 3.19. The van der Waals surface area contributed by atoms with Gasteiger partial charge >= 0.3 is 0 Å². The van der Waals surface area contributed by atoms with Gasteiger partial charge < -0.3 is 10.2 Å². The largest absolute Gasteiger partial charge is 0.393 e. The number of hydrogen-bond acceptors (Lipinski definition) is 2. The lowest BCUT2D eigenvalue weighted by atomic mass is 9.69. The molecule has 82 valence electrons. The number of rotatable bonds is 1. The van der Waals surface area contributed by atoms with Crippen LogP contribution in [-0.4, -0.2) is 21.9 Å². The van der Waals surface area contributed by atoms with Crippen LogP contribution in [0.5, 0.6) is 0 Å². The molecule has 0 unspecified atom stereocenters. The monoisotopic (exact) mass is 198 g/mol. The van der Waals surface area contributed by atoms with Gasteiger partial charge in [-0.05, 0) is 44.4 Å². The Morgan fingerprint density at radius 1 is 0.857 bits per heavy atom. The Kier molecular flexibility index (Phi) is 3.13. The summed E-state index contributed by atoms with van der Waals surface area (Å²) in [5.41, 5.74) is -0.377. The summed E-state index contributed by atoms with van der Waals surface area (Å²) in [6.07, 6.45) is 9.40. The topological polar surface area (TPSA) is 40.5 Å². The van der Waals surface area contributed by atoms with Gasteiger partial charge in [0.25, 0.3) is 0 Å². The summed E-state index contributed by atoms with van der Waals surface area (Å²) in [6.45, 7) is 0. The Morgan fingerprint density at radius 2 is 1.43 bits per heavy atom. The van der Waals surface area contributed by atoms with Crippen molar-refractivity contribution in [1.82, 2.24) is 0 Å². The molecule has 0 aromatic heterocycles. The minimum Gasteiger partial charge on any atom is -0.393 e. The molecule has 0 heterocycles. The van der Waals surface area contributed by atoms with Gasteiger partial charge in [0, 0.05) is 0 Å². The zero-order valence-corrected chi connectivity index (χ0v) is 8.91. The van der Waals surface area contributed by atoms with E-state index in [0.29, 0.717) is 5.92 Å². The molecule has 0 spiro atoms. The second-order valence-electron chi connectivity index (χ2n) is 5.17. The first-order valence-corrected chi connectivity index (χ1v) is 6.11. The first kappa shape index (κ1) is 10.4. The second kappa shape index (κ2) is 4.19.